The summed E-state index contributed by atoms with van der Waals surface area (Å²) in [6.07, 6.45) is 3.61. The second kappa shape index (κ2) is 2.94. The lowest BCUT2D eigenvalue weighted by molar-refractivity contribution is 0.373. The number of rotatable bonds is 2. The first-order valence-electron chi connectivity index (χ1n) is 3.93. The number of benzene rings is 1. The van der Waals surface area contributed by atoms with Crippen molar-refractivity contribution in [2.75, 3.05) is 7.11 Å². The van der Waals surface area contributed by atoms with E-state index in [-0.39, 0.29) is 5.75 Å². The second-order valence-corrected chi connectivity index (χ2v) is 2.72. The van der Waals surface area contributed by atoms with Gasteiger partial charge in [0.15, 0.2) is 11.5 Å². The fourth-order valence-electron chi connectivity index (χ4n) is 1.17. The highest BCUT2D eigenvalue weighted by Gasteiger charge is 2.07. The first-order chi connectivity index (χ1) is 6.31. The molecule has 3 nitrogen and oxygen atoms in total. The van der Waals surface area contributed by atoms with E-state index in [2.05, 4.69) is 4.99 Å². The Balaban J connectivity index is 2.35. The molecule has 66 valence electrons. The normalized spacial score (nSPS) is 13.5. The van der Waals surface area contributed by atoms with Crippen LogP contribution in [-0.4, -0.2) is 17.9 Å². The van der Waals surface area contributed by atoms with E-state index in [1.54, 1.807) is 18.3 Å². The van der Waals surface area contributed by atoms with Crippen molar-refractivity contribution in [3.63, 3.8) is 0 Å². The number of nitrogens with zero attached hydrogens (tertiary/aromatic N) is 1. The first kappa shape index (κ1) is 7.86. The molecule has 0 bridgehead atoms. The summed E-state index contributed by atoms with van der Waals surface area (Å²) in [5.41, 5.74) is 1.79. The lowest BCUT2D eigenvalue weighted by Crippen LogP contribution is -2.01. The smallest absolute Gasteiger partial charge is 0.160 e. The van der Waals surface area contributed by atoms with E-state index in [1.165, 1.54) is 7.11 Å². The van der Waals surface area contributed by atoms with Gasteiger partial charge in [0.1, 0.15) is 0 Å². The van der Waals surface area contributed by atoms with Crippen LogP contribution in [0.15, 0.2) is 35.5 Å². The lowest BCUT2D eigenvalue weighted by Gasteiger charge is -2.08. The minimum Gasteiger partial charge on any atom is -0.504 e. The highest BCUT2D eigenvalue weighted by atomic mass is 16.5. The highest BCUT2D eigenvalue weighted by Crippen LogP contribution is 2.27. The molecule has 0 saturated heterocycles. The molecule has 0 aromatic heterocycles. The molecule has 1 aliphatic rings. The van der Waals surface area contributed by atoms with Gasteiger partial charge < -0.3 is 9.84 Å². The molecular weight excluding hydrogens is 166 g/mol. The Morgan fingerprint density at radius 1 is 1.38 bits per heavy atom. The summed E-state index contributed by atoms with van der Waals surface area (Å²) in [4.78, 5) is 4.02. The number of aliphatic imine (C=N–C) groups is 1. The zero-order chi connectivity index (χ0) is 9.26. The minimum absolute atomic E-state index is 0.142. The van der Waals surface area contributed by atoms with Crippen molar-refractivity contribution in [2.45, 2.75) is 0 Å². The fraction of sp³-hybridized carbons (Fsp3) is 0.100. The number of methoxy groups -OCH3 is 1. The van der Waals surface area contributed by atoms with Crippen molar-refractivity contribution in [3.05, 3.63) is 36.0 Å². The molecule has 2 rings (SSSR count). The number of hydrogen-bond acceptors (Lipinski definition) is 3. The Morgan fingerprint density at radius 3 is 2.62 bits per heavy atom. The van der Waals surface area contributed by atoms with Crippen molar-refractivity contribution in [1.82, 2.24) is 0 Å². The summed E-state index contributed by atoms with van der Waals surface area (Å²) in [6, 6.07) is 5.22. The summed E-state index contributed by atoms with van der Waals surface area (Å²) in [5.74, 6) is 0.621. The Bertz CT molecular complexity index is 394. The van der Waals surface area contributed by atoms with Crippen molar-refractivity contribution >= 4 is 5.71 Å². The second-order valence-electron chi connectivity index (χ2n) is 2.72. The number of hydrogen-bond donors (Lipinski definition) is 1. The Labute approximate surface area is 76.0 Å². The number of ether oxygens (including phenoxy) is 1. The van der Waals surface area contributed by atoms with E-state index in [9.17, 15) is 5.11 Å². The average Bonchev–Trinajstić information content (AvgIpc) is 2.01. The summed E-state index contributed by atoms with van der Waals surface area (Å²) < 4.78 is 4.92. The van der Waals surface area contributed by atoms with Crippen LogP contribution in [0.25, 0.3) is 0 Å². The van der Waals surface area contributed by atoms with Gasteiger partial charge in [0.05, 0.1) is 12.8 Å². The van der Waals surface area contributed by atoms with Crippen molar-refractivity contribution in [1.29, 1.82) is 0 Å². The summed E-state index contributed by atoms with van der Waals surface area (Å²) in [5, 5.41) is 9.46. The molecule has 13 heavy (non-hydrogen) atoms. The van der Waals surface area contributed by atoms with Crippen LogP contribution in [0.5, 0.6) is 11.5 Å². The SMILES string of the molecule is COc1ccc(C2=NC=C2)cc1O. The summed E-state index contributed by atoms with van der Waals surface area (Å²) in [6.45, 7) is 0. The molecule has 1 aromatic rings. The number of phenols is 1. The van der Waals surface area contributed by atoms with Gasteiger partial charge in [-0.3, -0.25) is 4.99 Å². The predicted octanol–water partition coefficient (Wildman–Crippen LogP) is 1.72. The Morgan fingerprint density at radius 2 is 2.15 bits per heavy atom. The van der Waals surface area contributed by atoms with Gasteiger partial charge in [-0.1, -0.05) is 0 Å². The maximum atomic E-state index is 9.46. The predicted molar refractivity (Wildman–Crippen MR) is 50.3 cm³/mol. The standard InChI is InChI=1S/C10H9NO2/c1-13-10-3-2-7(6-9(10)12)8-4-5-11-8/h2-6,12H,1H3. The molecule has 1 heterocycles. The molecule has 0 spiro atoms. The lowest BCUT2D eigenvalue weighted by atomic mass is 10.1. The van der Waals surface area contributed by atoms with Crippen LogP contribution in [0, 0.1) is 0 Å². The molecule has 1 aromatic carbocycles. The van der Waals surface area contributed by atoms with Gasteiger partial charge in [0.25, 0.3) is 0 Å². The van der Waals surface area contributed by atoms with Crippen LogP contribution in [-0.2, 0) is 0 Å². The van der Waals surface area contributed by atoms with Gasteiger partial charge in [0.2, 0.25) is 0 Å². The van der Waals surface area contributed by atoms with Crippen LogP contribution in [0.3, 0.4) is 0 Å². The molecule has 0 aliphatic carbocycles. The molecule has 0 saturated carbocycles. The monoisotopic (exact) mass is 175 g/mol. The molecule has 3 heteroatoms. The molecule has 1 aliphatic heterocycles. The van der Waals surface area contributed by atoms with E-state index >= 15 is 0 Å². The molecule has 0 atom stereocenters. The maximum Gasteiger partial charge on any atom is 0.160 e. The van der Waals surface area contributed by atoms with Gasteiger partial charge >= 0.3 is 0 Å². The Kier molecular flexibility index (Phi) is 1.77. The van der Waals surface area contributed by atoms with Crippen LogP contribution < -0.4 is 4.74 Å². The third kappa shape index (κ3) is 1.28. The number of allylic oxidation sites excluding steroid dienone is 1. The summed E-state index contributed by atoms with van der Waals surface area (Å²) in [7, 11) is 1.52. The molecule has 0 fully saturated rings. The number of phenolic OH excluding ortho intramolecular Hbond substituents is 1. The molecule has 0 unspecified atom stereocenters. The van der Waals surface area contributed by atoms with E-state index in [4.69, 9.17) is 4.74 Å². The van der Waals surface area contributed by atoms with E-state index < -0.39 is 0 Å². The third-order valence-electron chi connectivity index (χ3n) is 1.92. The maximum absolute atomic E-state index is 9.46. The average molecular weight is 175 g/mol. The largest absolute Gasteiger partial charge is 0.504 e. The van der Waals surface area contributed by atoms with Crippen LogP contribution >= 0.6 is 0 Å². The zero-order valence-electron chi connectivity index (χ0n) is 7.19. The van der Waals surface area contributed by atoms with Crippen molar-refractivity contribution < 1.29 is 9.84 Å². The van der Waals surface area contributed by atoms with Gasteiger partial charge in [-0.15, -0.1) is 0 Å². The van der Waals surface area contributed by atoms with Gasteiger partial charge in [-0.2, -0.15) is 0 Å². The Hall–Kier alpha value is -1.77. The van der Waals surface area contributed by atoms with Gasteiger partial charge in [-0.25, -0.2) is 0 Å². The van der Waals surface area contributed by atoms with E-state index in [0.717, 1.165) is 11.3 Å². The molecule has 0 radical (unpaired) electrons. The van der Waals surface area contributed by atoms with Gasteiger partial charge in [-0.05, 0) is 24.3 Å². The van der Waals surface area contributed by atoms with Crippen LogP contribution in [0.4, 0.5) is 0 Å². The third-order valence-corrected chi connectivity index (χ3v) is 1.92. The minimum atomic E-state index is 0.142. The van der Waals surface area contributed by atoms with E-state index in [0.29, 0.717) is 5.75 Å². The molecule has 1 N–H and O–H groups in total. The highest BCUT2D eigenvalue weighted by molar-refractivity contribution is 6.12. The van der Waals surface area contributed by atoms with Crippen LogP contribution in [0.1, 0.15) is 5.56 Å². The zero-order valence-corrected chi connectivity index (χ0v) is 7.19. The van der Waals surface area contributed by atoms with Crippen LogP contribution in [0.2, 0.25) is 0 Å². The topological polar surface area (TPSA) is 41.8 Å². The molecule has 0 amide bonds. The molecular formula is C10H9NO2. The van der Waals surface area contributed by atoms with Gasteiger partial charge in [0, 0.05) is 11.8 Å². The van der Waals surface area contributed by atoms with Crippen molar-refractivity contribution in [2.24, 2.45) is 4.99 Å². The fourth-order valence-corrected chi connectivity index (χ4v) is 1.17. The quantitative estimate of drug-likeness (QED) is 0.743. The van der Waals surface area contributed by atoms with E-state index in [1.807, 2.05) is 12.1 Å². The van der Waals surface area contributed by atoms with Crippen molar-refractivity contribution in [3.8, 4) is 11.5 Å². The number of aromatic hydroxyl groups is 1. The summed E-state index contributed by atoms with van der Waals surface area (Å²) >= 11 is 0. The first-order valence-corrected chi connectivity index (χ1v) is 3.93.